The first kappa shape index (κ1) is 16.9. The van der Waals surface area contributed by atoms with Crippen LogP contribution in [0.3, 0.4) is 0 Å². The van der Waals surface area contributed by atoms with E-state index in [0.29, 0.717) is 18.2 Å². The summed E-state index contributed by atoms with van der Waals surface area (Å²) in [5.74, 6) is 0.157. The molecule has 1 amide bonds. The van der Waals surface area contributed by atoms with Crippen LogP contribution in [0, 0.1) is 0 Å². The van der Waals surface area contributed by atoms with Gasteiger partial charge in [-0.2, -0.15) is 0 Å². The van der Waals surface area contributed by atoms with E-state index in [4.69, 9.17) is 11.6 Å². The van der Waals surface area contributed by atoms with Crippen LogP contribution in [0.4, 0.5) is 11.6 Å². The maximum atomic E-state index is 12.3. The normalized spacial score (nSPS) is 10.3. The number of halogens is 1. The molecule has 2 N–H and O–H groups in total. The monoisotopic (exact) mass is 352 g/mol. The Morgan fingerprint density at radius 2 is 1.76 bits per heavy atom. The molecule has 0 aliphatic heterocycles. The third kappa shape index (κ3) is 5.02. The fraction of sp³-hybridized carbons (Fsp3) is 0.105. The number of para-hydroxylation sites is 1. The van der Waals surface area contributed by atoms with E-state index in [2.05, 4.69) is 20.6 Å². The first-order chi connectivity index (χ1) is 12.2. The number of aromatic nitrogens is 2. The van der Waals surface area contributed by atoms with Crippen molar-refractivity contribution in [3.8, 4) is 0 Å². The number of nitrogens with zero attached hydrogens (tertiary/aromatic N) is 2. The van der Waals surface area contributed by atoms with Crippen LogP contribution in [0.25, 0.3) is 0 Å². The quantitative estimate of drug-likeness (QED) is 0.702. The third-order valence-corrected chi connectivity index (χ3v) is 3.78. The fourth-order valence-corrected chi connectivity index (χ4v) is 2.38. The minimum atomic E-state index is -0.269. The zero-order valence-corrected chi connectivity index (χ0v) is 14.2. The molecule has 1 heterocycles. The Hall–Kier alpha value is -2.92. The van der Waals surface area contributed by atoms with Gasteiger partial charge in [0.25, 0.3) is 5.91 Å². The van der Waals surface area contributed by atoms with Crippen molar-refractivity contribution >= 4 is 29.1 Å². The average molecular weight is 353 g/mol. The van der Waals surface area contributed by atoms with Crippen LogP contribution in [0.15, 0.2) is 66.9 Å². The molecule has 0 aliphatic carbocycles. The van der Waals surface area contributed by atoms with Gasteiger partial charge in [-0.3, -0.25) is 4.79 Å². The van der Waals surface area contributed by atoms with E-state index >= 15 is 0 Å². The Morgan fingerprint density at radius 1 is 1.00 bits per heavy atom. The molecule has 0 saturated carbocycles. The molecule has 2 aromatic carbocycles. The number of rotatable bonds is 6. The van der Waals surface area contributed by atoms with Crippen LogP contribution < -0.4 is 10.6 Å². The summed E-state index contributed by atoms with van der Waals surface area (Å²) in [6.45, 7) is 0.658. The molecule has 6 heteroatoms. The van der Waals surface area contributed by atoms with Crippen molar-refractivity contribution < 1.29 is 4.79 Å². The van der Waals surface area contributed by atoms with Gasteiger partial charge in [-0.1, -0.05) is 41.9 Å². The minimum Gasteiger partial charge on any atom is -0.354 e. The smallest absolute Gasteiger partial charge is 0.274 e. The summed E-state index contributed by atoms with van der Waals surface area (Å²) in [4.78, 5) is 20.7. The van der Waals surface area contributed by atoms with E-state index in [1.807, 2.05) is 54.6 Å². The summed E-state index contributed by atoms with van der Waals surface area (Å²) in [5.41, 5.74) is 2.20. The molecule has 0 unspecified atom stereocenters. The predicted octanol–water partition coefficient (Wildman–Crippen LogP) is 4.04. The number of hydrogen-bond donors (Lipinski definition) is 2. The highest BCUT2D eigenvalue weighted by atomic mass is 35.5. The van der Waals surface area contributed by atoms with Crippen molar-refractivity contribution in [2.75, 3.05) is 17.2 Å². The summed E-state index contributed by atoms with van der Waals surface area (Å²) >= 11 is 5.87. The second kappa shape index (κ2) is 8.26. The molecular formula is C19H17ClN4O. The molecule has 126 valence electrons. The topological polar surface area (TPSA) is 66.9 Å². The highest BCUT2D eigenvalue weighted by Crippen LogP contribution is 2.11. The predicted molar refractivity (Wildman–Crippen MR) is 100 cm³/mol. The zero-order chi connectivity index (χ0) is 17.5. The highest BCUT2D eigenvalue weighted by molar-refractivity contribution is 6.30. The van der Waals surface area contributed by atoms with Gasteiger partial charge in [0.05, 0.1) is 0 Å². The van der Waals surface area contributed by atoms with Gasteiger partial charge in [0.15, 0.2) is 0 Å². The van der Waals surface area contributed by atoms with Crippen molar-refractivity contribution in [2.24, 2.45) is 0 Å². The Balaban J connectivity index is 1.57. The van der Waals surface area contributed by atoms with Gasteiger partial charge in [0, 0.05) is 23.5 Å². The van der Waals surface area contributed by atoms with Crippen LogP contribution in [0.5, 0.6) is 0 Å². The lowest BCUT2D eigenvalue weighted by atomic mass is 10.1. The number of carbonyl (C=O) groups excluding carboxylic acids is 1. The molecule has 3 aromatic rings. The van der Waals surface area contributed by atoms with Crippen LogP contribution in [-0.2, 0) is 6.42 Å². The molecule has 3 rings (SSSR count). The molecular weight excluding hydrogens is 336 g/mol. The molecule has 25 heavy (non-hydrogen) atoms. The lowest BCUT2D eigenvalue weighted by Gasteiger charge is -2.07. The molecule has 0 bridgehead atoms. The number of nitrogens with one attached hydrogen (secondary N) is 2. The second-order valence-corrected chi connectivity index (χ2v) is 5.83. The minimum absolute atomic E-state index is 0.269. The maximum absolute atomic E-state index is 12.3. The second-order valence-electron chi connectivity index (χ2n) is 5.39. The first-order valence-electron chi connectivity index (χ1n) is 7.88. The summed E-state index contributed by atoms with van der Waals surface area (Å²) in [5, 5.41) is 6.65. The third-order valence-electron chi connectivity index (χ3n) is 3.53. The Kier molecular flexibility index (Phi) is 5.59. The molecule has 0 saturated heterocycles. The number of amides is 1. The molecule has 0 aliphatic rings. The number of benzene rings is 2. The van der Waals surface area contributed by atoms with Gasteiger partial charge < -0.3 is 10.6 Å². The molecule has 5 nitrogen and oxygen atoms in total. The van der Waals surface area contributed by atoms with Crippen LogP contribution in [0.2, 0.25) is 5.02 Å². The summed E-state index contributed by atoms with van der Waals surface area (Å²) in [7, 11) is 0. The van der Waals surface area contributed by atoms with E-state index in [1.54, 1.807) is 12.3 Å². The van der Waals surface area contributed by atoms with Crippen molar-refractivity contribution in [2.45, 2.75) is 6.42 Å². The van der Waals surface area contributed by atoms with Gasteiger partial charge in [0.2, 0.25) is 5.95 Å². The van der Waals surface area contributed by atoms with Crippen LogP contribution in [-0.4, -0.2) is 22.4 Å². The highest BCUT2D eigenvalue weighted by Gasteiger charge is 2.09. The van der Waals surface area contributed by atoms with Crippen LogP contribution >= 0.6 is 11.6 Å². The van der Waals surface area contributed by atoms with Gasteiger partial charge >= 0.3 is 0 Å². The van der Waals surface area contributed by atoms with Gasteiger partial charge in [-0.05, 0) is 42.3 Å². The van der Waals surface area contributed by atoms with Gasteiger partial charge in [0.1, 0.15) is 5.69 Å². The van der Waals surface area contributed by atoms with Gasteiger partial charge in [-0.15, -0.1) is 0 Å². The van der Waals surface area contributed by atoms with Crippen molar-refractivity contribution in [3.63, 3.8) is 0 Å². The fourth-order valence-electron chi connectivity index (χ4n) is 2.26. The van der Waals surface area contributed by atoms with Crippen LogP contribution in [0.1, 0.15) is 16.1 Å². The molecule has 0 radical (unpaired) electrons. The van der Waals surface area contributed by atoms with Crippen molar-refractivity contribution in [1.29, 1.82) is 0 Å². The number of hydrogen-bond acceptors (Lipinski definition) is 4. The summed E-state index contributed by atoms with van der Waals surface area (Å²) in [6.07, 6.45) is 2.37. The van der Waals surface area contributed by atoms with E-state index in [-0.39, 0.29) is 5.91 Å². The molecule has 0 atom stereocenters. The lowest BCUT2D eigenvalue weighted by molar-refractivity contribution is 0.102. The zero-order valence-electron chi connectivity index (χ0n) is 13.4. The summed E-state index contributed by atoms with van der Waals surface area (Å²) in [6, 6.07) is 18.5. The Bertz CT molecular complexity index is 838. The molecule has 0 spiro atoms. The average Bonchev–Trinajstić information content (AvgIpc) is 2.64. The Morgan fingerprint density at radius 3 is 2.52 bits per heavy atom. The maximum Gasteiger partial charge on any atom is 0.274 e. The molecule has 1 aromatic heterocycles. The summed E-state index contributed by atoms with van der Waals surface area (Å²) < 4.78 is 0. The van der Waals surface area contributed by atoms with Crippen molar-refractivity contribution in [1.82, 2.24) is 9.97 Å². The van der Waals surface area contributed by atoms with E-state index in [0.717, 1.165) is 22.7 Å². The SMILES string of the molecule is O=C(Nc1ccccc1)c1ccnc(NCCc2ccc(Cl)cc2)n1. The number of anilines is 2. The standard InChI is InChI=1S/C19H17ClN4O/c20-15-8-6-14(7-9-15)10-12-21-19-22-13-11-17(24-19)18(25)23-16-4-2-1-3-5-16/h1-9,11,13H,10,12H2,(H,23,25)(H,21,22,24). The number of carbonyl (C=O) groups is 1. The van der Waals surface area contributed by atoms with E-state index in [9.17, 15) is 4.79 Å². The Labute approximate surface area is 151 Å². The van der Waals surface area contributed by atoms with E-state index in [1.165, 1.54) is 0 Å². The lowest BCUT2D eigenvalue weighted by Crippen LogP contribution is -2.16. The molecule has 0 fully saturated rings. The largest absolute Gasteiger partial charge is 0.354 e. The van der Waals surface area contributed by atoms with Gasteiger partial charge in [-0.25, -0.2) is 9.97 Å². The van der Waals surface area contributed by atoms with Crippen molar-refractivity contribution in [3.05, 3.63) is 83.1 Å². The first-order valence-corrected chi connectivity index (χ1v) is 8.26. The van der Waals surface area contributed by atoms with E-state index < -0.39 is 0 Å².